The molecule has 0 bridgehead atoms. The lowest BCUT2D eigenvalue weighted by atomic mass is 9.82. The summed E-state index contributed by atoms with van der Waals surface area (Å²) in [6.07, 6.45) is 0. The first-order chi connectivity index (χ1) is 8.41. The molecular formula is C16H18ClN. The average Bonchev–Trinajstić information content (AvgIpc) is 2.32. The van der Waals surface area contributed by atoms with Crippen LogP contribution in [-0.2, 0) is 5.54 Å². The van der Waals surface area contributed by atoms with Crippen molar-refractivity contribution in [2.75, 3.05) is 0 Å². The molecule has 94 valence electrons. The molecule has 0 saturated heterocycles. The van der Waals surface area contributed by atoms with E-state index in [1.807, 2.05) is 31.2 Å². The molecule has 1 unspecified atom stereocenters. The molecule has 0 heterocycles. The highest BCUT2D eigenvalue weighted by Gasteiger charge is 2.25. The number of benzene rings is 2. The van der Waals surface area contributed by atoms with Gasteiger partial charge in [-0.15, -0.1) is 0 Å². The van der Waals surface area contributed by atoms with Crippen molar-refractivity contribution in [2.45, 2.75) is 26.3 Å². The molecule has 2 N–H and O–H groups in total. The largest absolute Gasteiger partial charge is 0.318 e. The molecular weight excluding hydrogens is 242 g/mol. The fraction of sp³-hybridized carbons (Fsp3) is 0.250. The molecule has 1 nitrogen and oxygen atoms in total. The van der Waals surface area contributed by atoms with E-state index in [-0.39, 0.29) is 0 Å². The fourth-order valence-corrected chi connectivity index (χ4v) is 2.45. The van der Waals surface area contributed by atoms with Crippen LogP contribution in [0.25, 0.3) is 0 Å². The van der Waals surface area contributed by atoms with Crippen LogP contribution in [0.1, 0.15) is 29.2 Å². The molecule has 0 aliphatic heterocycles. The van der Waals surface area contributed by atoms with Gasteiger partial charge >= 0.3 is 0 Å². The molecule has 0 saturated carbocycles. The van der Waals surface area contributed by atoms with E-state index < -0.39 is 5.54 Å². The van der Waals surface area contributed by atoms with Gasteiger partial charge in [0.1, 0.15) is 0 Å². The van der Waals surface area contributed by atoms with Gasteiger partial charge in [-0.25, -0.2) is 0 Å². The third-order valence-electron chi connectivity index (χ3n) is 3.38. The topological polar surface area (TPSA) is 26.0 Å². The van der Waals surface area contributed by atoms with E-state index in [4.69, 9.17) is 17.3 Å². The Kier molecular flexibility index (Phi) is 3.47. The Morgan fingerprint density at radius 1 is 1.06 bits per heavy atom. The lowest BCUT2D eigenvalue weighted by Gasteiger charge is -2.28. The Bertz CT molecular complexity index is 573. The molecule has 0 spiro atoms. The Morgan fingerprint density at radius 2 is 1.78 bits per heavy atom. The third kappa shape index (κ3) is 2.43. The lowest BCUT2D eigenvalue weighted by Crippen LogP contribution is -2.35. The molecule has 2 heteroatoms. The number of halogens is 1. The SMILES string of the molecule is Cc1ccc(C)c(C(C)(N)c2cccc(Cl)c2)c1. The van der Waals surface area contributed by atoms with Crippen LogP contribution in [0.4, 0.5) is 0 Å². The minimum absolute atomic E-state index is 0.527. The first-order valence-electron chi connectivity index (χ1n) is 6.04. The number of hydrogen-bond acceptors (Lipinski definition) is 1. The van der Waals surface area contributed by atoms with Crippen LogP contribution in [-0.4, -0.2) is 0 Å². The van der Waals surface area contributed by atoms with Gasteiger partial charge in [-0.2, -0.15) is 0 Å². The van der Waals surface area contributed by atoms with Gasteiger partial charge in [0, 0.05) is 5.02 Å². The summed E-state index contributed by atoms with van der Waals surface area (Å²) >= 11 is 6.05. The summed E-state index contributed by atoms with van der Waals surface area (Å²) in [4.78, 5) is 0. The number of aryl methyl sites for hydroxylation is 2. The lowest BCUT2D eigenvalue weighted by molar-refractivity contribution is 0.598. The van der Waals surface area contributed by atoms with Gasteiger partial charge in [0.2, 0.25) is 0 Å². The summed E-state index contributed by atoms with van der Waals surface area (Å²) in [5, 5.41) is 0.717. The maximum Gasteiger partial charge on any atom is 0.0640 e. The molecule has 0 amide bonds. The van der Waals surface area contributed by atoms with E-state index in [1.165, 1.54) is 11.1 Å². The zero-order chi connectivity index (χ0) is 13.3. The summed E-state index contributed by atoms with van der Waals surface area (Å²) in [6.45, 7) is 6.20. The van der Waals surface area contributed by atoms with E-state index >= 15 is 0 Å². The molecule has 2 rings (SSSR count). The van der Waals surface area contributed by atoms with Crippen molar-refractivity contribution < 1.29 is 0 Å². The second-order valence-corrected chi connectivity index (χ2v) is 5.47. The summed E-state index contributed by atoms with van der Waals surface area (Å²) in [5.74, 6) is 0. The summed E-state index contributed by atoms with van der Waals surface area (Å²) in [7, 11) is 0. The summed E-state index contributed by atoms with van der Waals surface area (Å²) < 4.78 is 0. The van der Waals surface area contributed by atoms with Crippen LogP contribution in [0.2, 0.25) is 5.02 Å². The van der Waals surface area contributed by atoms with Crippen molar-refractivity contribution in [1.82, 2.24) is 0 Å². The molecule has 0 aliphatic carbocycles. The van der Waals surface area contributed by atoms with Gasteiger partial charge in [0.15, 0.2) is 0 Å². The second-order valence-electron chi connectivity index (χ2n) is 5.03. The highest BCUT2D eigenvalue weighted by atomic mass is 35.5. The fourth-order valence-electron chi connectivity index (χ4n) is 2.26. The van der Waals surface area contributed by atoms with Gasteiger partial charge < -0.3 is 5.73 Å². The van der Waals surface area contributed by atoms with Crippen LogP contribution in [0, 0.1) is 13.8 Å². The highest BCUT2D eigenvalue weighted by molar-refractivity contribution is 6.30. The smallest absolute Gasteiger partial charge is 0.0640 e. The number of hydrogen-bond donors (Lipinski definition) is 1. The maximum atomic E-state index is 6.54. The molecule has 2 aromatic rings. The summed E-state index contributed by atoms with van der Waals surface area (Å²) in [6, 6.07) is 14.1. The van der Waals surface area contributed by atoms with E-state index in [9.17, 15) is 0 Å². The van der Waals surface area contributed by atoms with Gasteiger partial charge in [-0.1, -0.05) is 47.5 Å². The van der Waals surface area contributed by atoms with E-state index in [2.05, 4.69) is 32.0 Å². The Balaban J connectivity index is 2.57. The zero-order valence-corrected chi connectivity index (χ0v) is 11.8. The monoisotopic (exact) mass is 259 g/mol. The molecule has 2 aromatic carbocycles. The van der Waals surface area contributed by atoms with Gasteiger partial charge in [-0.05, 0) is 49.6 Å². The van der Waals surface area contributed by atoms with Gasteiger partial charge in [0.25, 0.3) is 0 Å². The quantitative estimate of drug-likeness (QED) is 0.860. The molecule has 0 aromatic heterocycles. The van der Waals surface area contributed by atoms with Gasteiger partial charge in [0.05, 0.1) is 5.54 Å². The minimum atomic E-state index is -0.527. The minimum Gasteiger partial charge on any atom is -0.318 e. The normalized spacial score (nSPS) is 14.3. The van der Waals surface area contributed by atoms with Crippen LogP contribution < -0.4 is 5.73 Å². The zero-order valence-electron chi connectivity index (χ0n) is 11.0. The Labute approximate surface area is 114 Å². The van der Waals surface area contributed by atoms with Crippen molar-refractivity contribution in [1.29, 1.82) is 0 Å². The maximum absolute atomic E-state index is 6.54. The average molecular weight is 260 g/mol. The highest BCUT2D eigenvalue weighted by Crippen LogP contribution is 2.30. The van der Waals surface area contributed by atoms with E-state index in [0.29, 0.717) is 0 Å². The van der Waals surface area contributed by atoms with Crippen molar-refractivity contribution in [3.05, 3.63) is 69.7 Å². The van der Waals surface area contributed by atoms with Crippen LogP contribution in [0.15, 0.2) is 42.5 Å². The van der Waals surface area contributed by atoms with Crippen LogP contribution in [0.3, 0.4) is 0 Å². The molecule has 1 atom stereocenters. The molecule has 0 radical (unpaired) electrons. The molecule has 18 heavy (non-hydrogen) atoms. The van der Waals surface area contributed by atoms with E-state index in [1.54, 1.807) is 0 Å². The van der Waals surface area contributed by atoms with Crippen molar-refractivity contribution in [3.63, 3.8) is 0 Å². The third-order valence-corrected chi connectivity index (χ3v) is 3.61. The van der Waals surface area contributed by atoms with Crippen molar-refractivity contribution >= 4 is 11.6 Å². The molecule has 0 fully saturated rings. The standard InChI is InChI=1S/C16H18ClN/c1-11-7-8-12(2)15(9-11)16(3,18)13-5-4-6-14(17)10-13/h4-10H,18H2,1-3H3. The number of nitrogens with two attached hydrogens (primary N) is 1. The first-order valence-corrected chi connectivity index (χ1v) is 6.42. The Hall–Kier alpha value is -1.31. The predicted molar refractivity (Wildman–Crippen MR) is 78.0 cm³/mol. The van der Waals surface area contributed by atoms with Gasteiger partial charge in [-0.3, -0.25) is 0 Å². The summed E-state index contributed by atoms with van der Waals surface area (Å²) in [5.41, 5.74) is 10.6. The van der Waals surface area contributed by atoms with Crippen LogP contribution in [0.5, 0.6) is 0 Å². The van der Waals surface area contributed by atoms with Crippen molar-refractivity contribution in [2.24, 2.45) is 5.73 Å². The van der Waals surface area contributed by atoms with Crippen LogP contribution >= 0.6 is 11.6 Å². The number of rotatable bonds is 2. The second kappa shape index (κ2) is 4.75. The van der Waals surface area contributed by atoms with Crippen molar-refractivity contribution in [3.8, 4) is 0 Å². The van der Waals surface area contributed by atoms with E-state index in [0.717, 1.165) is 16.1 Å². The predicted octanol–water partition coefficient (Wildman–Crippen LogP) is 4.18. The Morgan fingerprint density at radius 3 is 2.44 bits per heavy atom. The first kappa shape index (κ1) is 13.1. The molecule has 0 aliphatic rings.